The van der Waals surface area contributed by atoms with Gasteiger partial charge in [0.25, 0.3) is 10.0 Å². The van der Waals surface area contributed by atoms with Crippen LogP contribution in [0.5, 0.6) is 5.75 Å². The highest BCUT2D eigenvalue weighted by molar-refractivity contribution is 7.91. The third-order valence-electron chi connectivity index (χ3n) is 4.21. The minimum Gasteiger partial charge on any atom is -0.497 e. The zero-order chi connectivity index (χ0) is 19.6. The first-order chi connectivity index (χ1) is 13.5. The van der Waals surface area contributed by atoms with E-state index >= 15 is 0 Å². The highest BCUT2D eigenvalue weighted by atomic mass is 32.2. The molecule has 0 radical (unpaired) electrons. The number of benzene rings is 1. The fourth-order valence-electron chi connectivity index (χ4n) is 2.86. The van der Waals surface area contributed by atoms with Crippen molar-refractivity contribution in [3.05, 3.63) is 66.1 Å². The smallest absolute Gasteiger partial charge is 0.271 e. The summed E-state index contributed by atoms with van der Waals surface area (Å²) in [6.07, 6.45) is 6.10. The number of hydrogen-bond donors (Lipinski definition) is 2. The van der Waals surface area contributed by atoms with E-state index in [4.69, 9.17) is 4.74 Å². The molecule has 1 aromatic carbocycles. The lowest BCUT2D eigenvalue weighted by Gasteiger charge is -2.14. The van der Waals surface area contributed by atoms with Crippen molar-refractivity contribution in [3.8, 4) is 16.2 Å². The molecule has 8 nitrogen and oxygen atoms in total. The van der Waals surface area contributed by atoms with E-state index in [2.05, 4.69) is 25.3 Å². The molecule has 10 heteroatoms. The average molecular weight is 416 g/mol. The maximum absolute atomic E-state index is 12.8. The average Bonchev–Trinajstić information content (AvgIpc) is 3.40. The van der Waals surface area contributed by atoms with E-state index in [1.807, 2.05) is 30.3 Å². The molecule has 1 aliphatic rings. The Kier molecular flexibility index (Phi) is 4.97. The summed E-state index contributed by atoms with van der Waals surface area (Å²) in [5.41, 5.74) is 1.39. The number of H-pyrrole nitrogens is 1. The van der Waals surface area contributed by atoms with Crippen LogP contribution >= 0.6 is 11.3 Å². The molecule has 2 heterocycles. The molecule has 0 amide bonds. The number of tetrazole rings is 1. The Labute approximate surface area is 166 Å². The number of allylic oxidation sites excluding steroid dienone is 3. The van der Waals surface area contributed by atoms with E-state index in [1.165, 1.54) is 11.3 Å². The molecule has 0 saturated carbocycles. The summed E-state index contributed by atoms with van der Waals surface area (Å²) in [6.45, 7) is 0. The predicted octanol–water partition coefficient (Wildman–Crippen LogP) is 2.84. The normalized spacial score (nSPS) is 16.6. The van der Waals surface area contributed by atoms with Gasteiger partial charge in [0.1, 0.15) is 9.96 Å². The molecule has 2 N–H and O–H groups in total. The van der Waals surface area contributed by atoms with Crippen LogP contribution in [0.15, 0.2) is 64.5 Å². The molecule has 0 fully saturated rings. The van der Waals surface area contributed by atoms with Gasteiger partial charge >= 0.3 is 0 Å². The van der Waals surface area contributed by atoms with Gasteiger partial charge in [-0.3, -0.25) is 4.72 Å². The lowest BCUT2D eigenvalue weighted by atomic mass is 9.99. The van der Waals surface area contributed by atoms with Gasteiger partial charge in [-0.2, -0.15) is 5.21 Å². The molecule has 0 saturated heterocycles. The van der Waals surface area contributed by atoms with Gasteiger partial charge in [0.2, 0.25) is 0 Å². The molecule has 1 atom stereocenters. The Morgan fingerprint density at radius 2 is 2.18 bits per heavy atom. The van der Waals surface area contributed by atoms with Crippen molar-refractivity contribution in [2.75, 3.05) is 7.11 Å². The maximum Gasteiger partial charge on any atom is 0.271 e. The van der Waals surface area contributed by atoms with E-state index < -0.39 is 10.0 Å². The standard InChI is InChI=1S/C18H17N5O3S2/c1-26-15-7-3-4-12(11-15)16-8-9-17(27-16)28(24,25)21-14-6-2-5-13(10-14)18-19-22-23-20-18/h2-4,6-11,13,21H,5H2,1H3,(H,19,20,22,23). The summed E-state index contributed by atoms with van der Waals surface area (Å²) in [7, 11) is -2.10. The van der Waals surface area contributed by atoms with Crippen LogP contribution < -0.4 is 9.46 Å². The molecule has 1 aliphatic carbocycles. The molecule has 4 rings (SSSR count). The Balaban J connectivity index is 1.56. The molecule has 0 bridgehead atoms. The molecule has 3 aromatic rings. The van der Waals surface area contributed by atoms with Crippen LogP contribution in [0.3, 0.4) is 0 Å². The van der Waals surface area contributed by atoms with Crippen LogP contribution in [0.1, 0.15) is 18.2 Å². The number of hydrogen-bond acceptors (Lipinski definition) is 7. The molecule has 1 unspecified atom stereocenters. The van der Waals surface area contributed by atoms with Crippen LogP contribution in [-0.4, -0.2) is 36.2 Å². The number of ether oxygens (including phenoxy) is 1. The zero-order valence-electron chi connectivity index (χ0n) is 14.9. The Morgan fingerprint density at radius 1 is 1.29 bits per heavy atom. The molecule has 28 heavy (non-hydrogen) atoms. The minimum absolute atomic E-state index is 0.128. The second-order valence-corrected chi connectivity index (χ2v) is 9.09. The Morgan fingerprint density at radius 3 is 2.96 bits per heavy atom. The van der Waals surface area contributed by atoms with E-state index in [9.17, 15) is 8.42 Å². The van der Waals surface area contributed by atoms with Gasteiger partial charge in [0.15, 0.2) is 5.82 Å². The van der Waals surface area contributed by atoms with Crippen molar-refractivity contribution in [2.24, 2.45) is 0 Å². The Bertz CT molecular complexity index is 1130. The van der Waals surface area contributed by atoms with Gasteiger partial charge in [-0.15, -0.1) is 21.5 Å². The summed E-state index contributed by atoms with van der Waals surface area (Å²) < 4.78 is 33.7. The van der Waals surface area contributed by atoms with Gasteiger partial charge in [0, 0.05) is 16.5 Å². The van der Waals surface area contributed by atoms with E-state index in [-0.39, 0.29) is 10.1 Å². The number of methoxy groups -OCH3 is 1. The zero-order valence-corrected chi connectivity index (χ0v) is 16.5. The van der Waals surface area contributed by atoms with Crippen molar-refractivity contribution in [1.82, 2.24) is 25.3 Å². The van der Waals surface area contributed by atoms with Gasteiger partial charge in [-0.25, -0.2) is 8.42 Å². The highest BCUT2D eigenvalue weighted by Crippen LogP contribution is 2.33. The second-order valence-electron chi connectivity index (χ2n) is 6.09. The number of aromatic amines is 1. The van der Waals surface area contributed by atoms with Crippen molar-refractivity contribution >= 4 is 21.4 Å². The molecular weight excluding hydrogens is 398 g/mol. The van der Waals surface area contributed by atoms with Crippen LogP contribution in [0.2, 0.25) is 0 Å². The summed E-state index contributed by atoms with van der Waals surface area (Å²) >= 11 is 1.20. The number of rotatable bonds is 6. The number of sulfonamides is 1. The summed E-state index contributed by atoms with van der Waals surface area (Å²) in [5, 5.41) is 13.9. The number of nitrogens with one attached hydrogen (secondary N) is 2. The quantitative estimate of drug-likeness (QED) is 0.641. The number of nitrogens with zero attached hydrogens (tertiary/aromatic N) is 3. The first-order valence-corrected chi connectivity index (χ1v) is 10.7. The summed E-state index contributed by atoms with van der Waals surface area (Å²) in [4.78, 5) is 0.845. The third kappa shape index (κ3) is 3.82. The predicted molar refractivity (Wildman–Crippen MR) is 105 cm³/mol. The maximum atomic E-state index is 12.8. The lowest BCUT2D eigenvalue weighted by Crippen LogP contribution is -2.23. The fraction of sp³-hybridized carbons (Fsp3) is 0.167. The molecule has 144 valence electrons. The van der Waals surface area contributed by atoms with Crippen LogP contribution in [-0.2, 0) is 10.0 Å². The summed E-state index contributed by atoms with van der Waals surface area (Å²) in [6, 6.07) is 10.9. The van der Waals surface area contributed by atoms with Crippen LogP contribution in [0, 0.1) is 0 Å². The first-order valence-electron chi connectivity index (χ1n) is 8.44. The lowest BCUT2D eigenvalue weighted by molar-refractivity contribution is 0.415. The Hall–Kier alpha value is -2.98. The molecule has 2 aromatic heterocycles. The number of thiophene rings is 1. The first kappa shape index (κ1) is 18.4. The van der Waals surface area contributed by atoms with E-state index in [0.717, 1.165) is 16.2 Å². The molecule has 0 aliphatic heterocycles. The van der Waals surface area contributed by atoms with Crippen molar-refractivity contribution < 1.29 is 13.2 Å². The minimum atomic E-state index is -3.70. The molecular formula is C18H17N5O3S2. The topological polar surface area (TPSA) is 110 Å². The largest absolute Gasteiger partial charge is 0.497 e. The van der Waals surface area contributed by atoms with Crippen molar-refractivity contribution in [1.29, 1.82) is 0 Å². The van der Waals surface area contributed by atoms with Gasteiger partial charge in [0.05, 0.1) is 7.11 Å². The van der Waals surface area contributed by atoms with E-state index in [1.54, 1.807) is 31.4 Å². The van der Waals surface area contributed by atoms with Gasteiger partial charge in [-0.1, -0.05) is 23.4 Å². The highest BCUT2D eigenvalue weighted by Gasteiger charge is 2.21. The van der Waals surface area contributed by atoms with Crippen molar-refractivity contribution in [3.63, 3.8) is 0 Å². The van der Waals surface area contributed by atoms with Crippen molar-refractivity contribution in [2.45, 2.75) is 16.5 Å². The fourth-order valence-corrected chi connectivity index (χ4v) is 5.22. The van der Waals surface area contributed by atoms with Gasteiger partial charge in [-0.05, 0) is 48.4 Å². The molecule has 0 spiro atoms. The second kappa shape index (κ2) is 7.56. The number of aromatic nitrogens is 4. The van der Waals surface area contributed by atoms with Crippen LogP contribution in [0.4, 0.5) is 0 Å². The summed E-state index contributed by atoms with van der Waals surface area (Å²) in [5.74, 6) is 1.12. The van der Waals surface area contributed by atoms with Crippen LogP contribution in [0.25, 0.3) is 10.4 Å². The van der Waals surface area contributed by atoms with E-state index in [0.29, 0.717) is 17.9 Å². The third-order valence-corrected chi connectivity index (χ3v) is 7.22. The van der Waals surface area contributed by atoms with Gasteiger partial charge < -0.3 is 4.74 Å². The SMILES string of the molecule is COc1cccc(-c2ccc(S(=O)(=O)NC3=CC(c4nn[nH]n4)CC=C3)s2)c1. The monoisotopic (exact) mass is 415 g/mol.